The van der Waals surface area contributed by atoms with E-state index in [1.807, 2.05) is 0 Å². The Morgan fingerprint density at radius 3 is 2.89 bits per heavy atom. The lowest BCUT2D eigenvalue weighted by Gasteiger charge is -2.21. The molecule has 1 aromatic heterocycles. The molecule has 0 aliphatic carbocycles. The average Bonchev–Trinajstić information content (AvgIpc) is 2.81. The number of hydrogen-bond acceptors (Lipinski definition) is 5. The zero-order valence-electron chi connectivity index (χ0n) is 10.8. The Hall–Kier alpha value is -0.950. The van der Waals surface area contributed by atoms with Crippen molar-refractivity contribution in [2.24, 2.45) is 0 Å². The summed E-state index contributed by atoms with van der Waals surface area (Å²) in [5, 5.41) is 13.8. The molecule has 3 rings (SSSR count). The van der Waals surface area contributed by atoms with Gasteiger partial charge in [-0.05, 0) is 25.7 Å². The first-order chi connectivity index (χ1) is 9.09. The monoisotopic (exact) mass is 285 g/mol. The lowest BCUT2D eigenvalue weighted by atomic mass is 10.1. The van der Waals surface area contributed by atoms with E-state index in [2.05, 4.69) is 10.1 Å². The van der Waals surface area contributed by atoms with Crippen molar-refractivity contribution in [3.05, 3.63) is 11.6 Å². The number of aliphatic hydroxyl groups is 1. The average molecular weight is 285 g/mol. The lowest BCUT2D eigenvalue weighted by Crippen LogP contribution is -2.25. The van der Waals surface area contributed by atoms with Crippen LogP contribution < -0.4 is 0 Å². The minimum atomic E-state index is -2.94. The number of fused-ring (bicyclic) bond motifs is 1. The number of aliphatic hydroxyl groups excluding tert-OH is 1. The first-order valence-electron chi connectivity index (χ1n) is 6.85. The molecule has 19 heavy (non-hydrogen) atoms. The second-order valence-electron chi connectivity index (χ2n) is 5.51. The molecule has 2 aliphatic rings. The van der Waals surface area contributed by atoms with Gasteiger partial charge in [-0.1, -0.05) is 0 Å². The van der Waals surface area contributed by atoms with Crippen molar-refractivity contribution in [2.75, 3.05) is 18.1 Å². The van der Waals surface area contributed by atoms with Crippen LogP contribution in [0.15, 0.2) is 0 Å². The van der Waals surface area contributed by atoms with E-state index in [1.54, 1.807) is 4.68 Å². The Labute approximate surface area is 112 Å². The van der Waals surface area contributed by atoms with Crippen molar-refractivity contribution >= 4 is 9.84 Å². The van der Waals surface area contributed by atoms with Gasteiger partial charge in [-0.2, -0.15) is 5.10 Å². The van der Waals surface area contributed by atoms with Gasteiger partial charge in [0, 0.05) is 12.3 Å². The van der Waals surface area contributed by atoms with Crippen LogP contribution in [0.25, 0.3) is 0 Å². The van der Waals surface area contributed by atoms with Crippen LogP contribution in [0.5, 0.6) is 0 Å². The largest absolute Gasteiger partial charge is 0.394 e. The van der Waals surface area contributed by atoms with Crippen molar-refractivity contribution in [3.63, 3.8) is 0 Å². The van der Waals surface area contributed by atoms with E-state index in [-0.39, 0.29) is 30.1 Å². The first kappa shape index (κ1) is 13.1. The third kappa shape index (κ3) is 2.53. The van der Waals surface area contributed by atoms with Gasteiger partial charge in [-0.25, -0.2) is 18.1 Å². The molecule has 0 saturated carbocycles. The fourth-order valence-corrected chi connectivity index (χ4v) is 4.72. The van der Waals surface area contributed by atoms with E-state index < -0.39 is 9.84 Å². The van der Waals surface area contributed by atoms with Crippen LogP contribution >= 0.6 is 0 Å². The second kappa shape index (κ2) is 4.86. The summed E-state index contributed by atoms with van der Waals surface area (Å²) in [4.78, 5) is 4.51. The Morgan fingerprint density at radius 1 is 1.32 bits per heavy atom. The summed E-state index contributed by atoms with van der Waals surface area (Å²) >= 11 is 0. The van der Waals surface area contributed by atoms with Gasteiger partial charge in [0.2, 0.25) is 0 Å². The molecule has 0 amide bonds. The number of rotatable bonds is 2. The summed E-state index contributed by atoms with van der Waals surface area (Å²) in [5.41, 5.74) is 0. The van der Waals surface area contributed by atoms with Crippen molar-refractivity contribution in [2.45, 2.75) is 44.1 Å². The van der Waals surface area contributed by atoms with E-state index in [0.717, 1.165) is 31.5 Å². The Kier molecular flexibility index (Phi) is 3.34. The van der Waals surface area contributed by atoms with E-state index in [1.165, 1.54) is 0 Å². The van der Waals surface area contributed by atoms with Gasteiger partial charge in [0.15, 0.2) is 15.7 Å². The van der Waals surface area contributed by atoms with E-state index in [9.17, 15) is 13.5 Å². The minimum Gasteiger partial charge on any atom is -0.394 e. The van der Waals surface area contributed by atoms with Gasteiger partial charge in [0.25, 0.3) is 0 Å². The molecule has 1 saturated heterocycles. The molecule has 0 aromatic carbocycles. The van der Waals surface area contributed by atoms with Crippen molar-refractivity contribution < 1.29 is 13.5 Å². The smallest absolute Gasteiger partial charge is 0.155 e. The highest BCUT2D eigenvalue weighted by atomic mass is 32.2. The minimum absolute atomic E-state index is 0.00481. The summed E-state index contributed by atoms with van der Waals surface area (Å²) in [6, 6.07) is 0.00481. The number of aromatic nitrogens is 3. The van der Waals surface area contributed by atoms with Gasteiger partial charge in [-0.3, -0.25) is 0 Å². The molecule has 2 unspecified atom stereocenters. The maximum Gasteiger partial charge on any atom is 0.155 e. The molecule has 2 atom stereocenters. The van der Waals surface area contributed by atoms with E-state index in [4.69, 9.17) is 0 Å². The molecule has 0 radical (unpaired) electrons. The Morgan fingerprint density at radius 2 is 2.16 bits per heavy atom. The summed E-state index contributed by atoms with van der Waals surface area (Å²) < 4.78 is 25.2. The first-order valence-corrected chi connectivity index (χ1v) is 8.68. The second-order valence-corrected chi connectivity index (χ2v) is 7.74. The molecule has 1 fully saturated rings. The molecule has 1 N–H and O–H groups in total. The van der Waals surface area contributed by atoms with Crippen LogP contribution in [0, 0.1) is 0 Å². The molecule has 1 aromatic rings. The SMILES string of the molecule is O=S1(=O)CCCC(c2nc3n(n2)C(CO)CCC3)C1. The zero-order chi connectivity index (χ0) is 13.5. The standard InChI is InChI=1S/C12H19N3O3S/c16-7-10-4-1-5-11-13-12(14-15(10)11)9-3-2-6-19(17,18)8-9/h9-10,16H,1-8H2. The normalized spacial score (nSPS) is 29.9. The Bertz CT molecular complexity index is 567. The van der Waals surface area contributed by atoms with Crippen molar-refractivity contribution in [1.82, 2.24) is 14.8 Å². The van der Waals surface area contributed by atoms with Crippen LogP contribution in [-0.2, 0) is 16.3 Å². The van der Waals surface area contributed by atoms with Crippen LogP contribution in [0.3, 0.4) is 0 Å². The maximum absolute atomic E-state index is 11.7. The highest BCUT2D eigenvalue weighted by Gasteiger charge is 2.31. The molecule has 7 heteroatoms. The molecule has 6 nitrogen and oxygen atoms in total. The predicted molar refractivity (Wildman–Crippen MR) is 69.7 cm³/mol. The molecule has 106 valence electrons. The van der Waals surface area contributed by atoms with E-state index >= 15 is 0 Å². The number of nitrogens with zero attached hydrogens (tertiary/aromatic N) is 3. The van der Waals surface area contributed by atoms with Gasteiger partial charge in [-0.15, -0.1) is 0 Å². The highest BCUT2D eigenvalue weighted by molar-refractivity contribution is 7.91. The zero-order valence-corrected chi connectivity index (χ0v) is 11.6. The summed E-state index contributed by atoms with van der Waals surface area (Å²) in [7, 11) is -2.94. The summed E-state index contributed by atoms with van der Waals surface area (Å²) in [6.07, 6.45) is 4.32. The molecule has 2 aliphatic heterocycles. The molecular formula is C12H19N3O3S. The number of sulfone groups is 1. The fourth-order valence-electron chi connectivity index (χ4n) is 3.02. The quantitative estimate of drug-likeness (QED) is 0.852. The van der Waals surface area contributed by atoms with Crippen LogP contribution in [0.2, 0.25) is 0 Å². The van der Waals surface area contributed by atoms with Gasteiger partial charge in [0.05, 0.1) is 24.2 Å². The fraction of sp³-hybridized carbons (Fsp3) is 0.833. The molecule has 0 bridgehead atoms. The lowest BCUT2D eigenvalue weighted by molar-refractivity contribution is 0.194. The number of aryl methyl sites for hydroxylation is 1. The third-order valence-electron chi connectivity index (χ3n) is 4.04. The number of hydrogen-bond donors (Lipinski definition) is 1. The molecular weight excluding hydrogens is 266 g/mol. The predicted octanol–water partition coefficient (Wildman–Crippen LogP) is 0.440. The van der Waals surface area contributed by atoms with Crippen LogP contribution in [0.4, 0.5) is 0 Å². The summed E-state index contributed by atoms with van der Waals surface area (Å²) in [6.45, 7) is 0.0682. The van der Waals surface area contributed by atoms with E-state index in [0.29, 0.717) is 12.2 Å². The molecule has 0 spiro atoms. The maximum atomic E-state index is 11.7. The van der Waals surface area contributed by atoms with Crippen LogP contribution in [0.1, 0.15) is 49.3 Å². The molecule has 3 heterocycles. The Balaban J connectivity index is 1.88. The van der Waals surface area contributed by atoms with Crippen molar-refractivity contribution in [3.8, 4) is 0 Å². The third-order valence-corrected chi connectivity index (χ3v) is 5.86. The summed E-state index contributed by atoms with van der Waals surface area (Å²) in [5.74, 6) is 1.93. The van der Waals surface area contributed by atoms with Gasteiger partial charge >= 0.3 is 0 Å². The van der Waals surface area contributed by atoms with Gasteiger partial charge in [0.1, 0.15) is 5.82 Å². The van der Waals surface area contributed by atoms with Crippen molar-refractivity contribution in [1.29, 1.82) is 0 Å². The van der Waals surface area contributed by atoms with Gasteiger partial charge < -0.3 is 5.11 Å². The highest BCUT2D eigenvalue weighted by Crippen LogP contribution is 2.29. The van der Waals surface area contributed by atoms with Crippen LogP contribution in [-0.4, -0.2) is 46.4 Å². The topological polar surface area (TPSA) is 85.1 Å².